The van der Waals surface area contributed by atoms with Crippen LogP contribution in [0.3, 0.4) is 0 Å². The number of anilines is 2. The maximum absolute atomic E-state index is 12.6. The Bertz CT molecular complexity index is 822. The number of amides is 2. The lowest BCUT2D eigenvalue weighted by atomic mass is 10.1. The highest BCUT2D eigenvalue weighted by Gasteiger charge is 2.23. The van der Waals surface area contributed by atoms with E-state index in [1.54, 1.807) is 18.2 Å². The van der Waals surface area contributed by atoms with Crippen molar-refractivity contribution in [3.63, 3.8) is 0 Å². The molecule has 1 fully saturated rings. The lowest BCUT2D eigenvalue weighted by molar-refractivity contribution is -0.119. The van der Waals surface area contributed by atoms with Crippen LogP contribution in [0.15, 0.2) is 36.4 Å². The van der Waals surface area contributed by atoms with E-state index in [-0.39, 0.29) is 17.7 Å². The second-order valence-corrected chi connectivity index (χ2v) is 7.40. The molecule has 0 atom stereocenters. The van der Waals surface area contributed by atoms with Gasteiger partial charge in [-0.05, 0) is 68.1 Å². The number of aryl methyl sites for hydroxylation is 2. The zero-order valence-electron chi connectivity index (χ0n) is 15.1. The number of carbonyl (C=O) groups excluding carboxylic acids is 2. The Morgan fingerprint density at radius 2 is 1.62 bits per heavy atom. The largest absolute Gasteiger partial charge is 0.325 e. The molecule has 0 aromatic heterocycles. The standard InChI is InChI=1S/C21H23ClN2O2/c1-13-9-14(2)11-17(10-13)23-21(26)16-7-8-18(22)19(12-16)24-20(25)15-5-3-4-6-15/h7-12,15H,3-6H2,1-2H3,(H,23,26)(H,24,25). The van der Waals surface area contributed by atoms with E-state index in [0.717, 1.165) is 42.5 Å². The third kappa shape index (κ3) is 4.44. The van der Waals surface area contributed by atoms with Gasteiger partial charge in [-0.2, -0.15) is 0 Å². The van der Waals surface area contributed by atoms with Gasteiger partial charge < -0.3 is 10.6 Å². The number of nitrogens with one attached hydrogen (secondary N) is 2. The lowest BCUT2D eigenvalue weighted by Crippen LogP contribution is -2.21. The topological polar surface area (TPSA) is 58.2 Å². The molecule has 0 saturated heterocycles. The minimum Gasteiger partial charge on any atom is -0.325 e. The average molecular weight is 371 g/mol. The Morgan fingerprint density at radius 1 is 0.962 bits per heavy atom. The van der Waals surface area contributed by atoms with Gasteiger partial charge in [-0.1, -0.05) is 30.5 Å². The molecule has 3 rings (SSSR count). The molecular weight excluding hydrogens is 348 g/mol. The predicted octanol–water partition coefficient (Wildman–Crippen LogP) is 5.34. The van der Waals surface area contributed by atoms with E-state index in [4.69, 9.17) is 11.6 Å². The molecule has 1 aliphatic rings. The van der Waals surface area contributed by atoms with E-state index in [2.05, 4.69) is 16.7 Å². The second-order valence-electron chi connectivity index (χ2n) is 7.00. The number of hydrogen-bond donors (Lipinski definition) is 2. The fourth-order valence-corrected chi connectivity index (χ4v) is 3.60. The zero-order chi connectivity index (χ0) is 18.7. The van der Waals surface area contributed by atoms with Gasteiger partial charge in [0, 0.05) is 17.2 Å². The SMILES string of the molecule is Cc1cc(C)cc(NC(=O)c2ccc(Cl)c(NC(=O)C3CCCC3)c2)c1. The normalized spacial score (nSPS) is 14.3. The van der Waals surface area contributed by atoms with E-state index >= 15 is 0 Å². The Morgan fingerprint density at radius 3 is 2.27 bits per heavy atom. The lowest BCUT2D eigenvalue weighted by Gasteiger charge is -2.13. The second kappa shape index (κ2) is 7.92. The van der Waals surface area contributed by atoms with Crippen molar-refractivity contribution in [1.29, 1.82) is 0 Å². The van der Waals surface area contributed by atoms with Gasteiger partial charge in [-0.15, -0.1) is 0 Å². The van der Waals surface area contributed by atoms with Crippen LogP contribution in [0.1, 0.15) is 47.2 Å². The molecule has 0 aliphatic heterocycles. The molecular formula is C21H23ClN2O2. The van der Waals surface area contributed by atoms with Gasteiger partial charge in [-0.3, -0.25) is 9.59 Å². The highest BCUT2D eigenvalue weighted by atomic mass is 35.5. The van der Waals surface area contributed by atoms with Gasteiger partial charge in [0.15, 0.2) is 0 Å². The van der Waals surface area contributed by atoms with Crippen LogP contribution in [0.4, 0.5) is 11.4 Å². The third-order valence-corrected chi connectivity index (χ3v) is 5.02. The summed E-state index contributed by atoms with van der Waals surface area (Å²) in [6.45, 7) is 3.98. The van der Waals surface area contributed by atoms with Crippen molar-refractivity contribution in [2.45, 2.75) is 39.5 Å². The fourth-order valence-electron chi connectivity index (χ4n) is 3.44. The first kappa shape index (κ1) is 18.5. The van der Waals surface area contributed by atoms with Crippen LogP contribution in [-0.4, -0.2) is 11.8 Å². The minimum absolute atomic E-state index is 0.0173. The van der Waals surface area contributed by atoms with Crippen LogP contribution in [-0.2, 0) is 4.79 Å². The number of hydrogen-bond acceptors (Lipinski definition) is 2. The Labute approximate surface area is 158 Å². The molecule has 0 bridgehead atoms. The molecule has 1 saturated carbocycles. The van der Waals surface area contributed by atoms with Crippen molar-refractivity contribution in [2.75, 3.05) is 10.6 Å². The molecule has 136 valence electrons. The van der Waals surface area contributed by atoms with Gasteiger partial charge in [-0.25, -0.2) is 0 Å². The molecule has 2 amide bonds. The monoisotopic (exact) mass is 370 g/mol. The van der Waals surface area contributed by atoms with Crippen LogP contribution < -0.4 is 10.6 Å². The molecule has 0 radical (unpaired) electrons. The van der Waals surface area contributed by atoms with Crippen LogP contribution in [0.2, 0.25) is 5.02 Å². The predicted molar refractivity (Wildman–Crippen MR) is 106 cm³/mol. The zero-order valence-corrected chi connectivity index (χ0v) is 15.8. The number of benzene rings is 2. The van der Waals surface area contributed by atoms with E-state index in [1.807, 2.05) is 26.0 Å². The maximum Gasteiger partial charge on any atom is 0.255 e. The smallest absolute Gasteiger partial charge is 0.255 e. The van der Waals surface area contributed by atoms with E-state index < -0.39 is 0 Å². The summed E-state index contributed by atoms with van der Waals surface area (Å²) >= 11 is 6.21. The summed E-state index contributed by atoms with van der Waals surface area (Å²) in [4.78, 5) is 24.9. The van der Waals surface area contributed by atoms with Gasteiger partial charge in [0.25, 0.3) is 5.91 Å². The van der Waals surface area contributed by atoms with Gasteiger partial charge >= 0.3 is 0 Å². The molecule has 5 heteroatoms. The third-order valence-electron chi connectivity index (χ3n) is 4.69. The molecule has 4 nitrogen and oxygen atoms in total. The highest BCUT2D eigenvalue weighted by molar-refractivity contribution is 6.34. The molecule has 2 aromatic carbocycles. The molecule has 0 spiro atoms. The Hall–Kier alpha value is -2.33. The van der Waals surface area contributed by atoms with Crippen LogP contribution in [0.5, 0.6) is 0 Å². The van der Waals surface area contributed by atoms with Crippen molar-refractivity contribution < 1.29 is 9.59 Å². The quantitative estimate of drug-likeness (QED) is 0.763. The number of halogens is 1. The van der Waals surface area contributed by atoms with E-state index in [0.29, 0.717) is 16.3 Å². The highest BCUT2D eigenvalue weighted by Crippen LogP contribution is 2.29. The summed E-state index contributed by atoms with van der Waals surface area (Å²) in [6.07, 6.45) is 4.00. The van der Waals surface area contributed by atoms with Crippen molar-refractivity contribution in [1.82, 2.24) is 0 Å². The van der Waals surface area contributed by atoms with E-state index in [9.17, 15) is 9.59 Å². The molecule has 2 N–H and O–H groups in total. The van der Waals surface area contributed by atoms with Gasteiger partial charge in [0.2, 0.25) is 5.91 Å². The summed E-state index contributed by atoms with van der Waals surface area (Å²) in [6, 6.07) is 10.8. The summed E-state index contributed by atoms with van der Waals surface area (Å²) < 4.78 is 0. The van der Waals surface area contributed by atoms with Crippen molar-refractivity contribution in [3.8, 4) is 0 Å². The van der Waals surface area contributed by atoms with Crippen molar-refractivity contribution in [3.05, 3.63) is 58.1 Å². The van der Waals surface area contributed by atoms with Gasteiger partial charge in [0.1, 0.15) is 0 Å². The minimum atomic E-state index is -0.233. The molecule has 0 heterocycles. The summed E-state index contributed by atoms with van der Waals surface area (Å²) in [5.74, 6) is -0.210. The fraction of sp³-hybridized carbons (Fsp3) is 0.333. The first-order chi connectivity index (χ1) is 12.4. The molecule has 1 aliphatic carbocycles. The average Bonchev–Trinajstić information content (AvgIpc) is 3.10. The molecule has 0 unspecified atom stereocenters. The Balaban J connectivity index is 1.75. The summed E-state index contributed by atoms with van der Waals surface area (Å²) in [5, 5.41) is 6.21. The van der Waals surface area contributed by atoms with E-state index in [1.165, 1.54) is 0 Å². The van der Waals surface area contributed by atoms with Crippen LogP contribution in [0.25, 0.3) is 0 Å². The first-order valence-corrected chi connectivity index (χ1v) is 9.30. The van der Waals surface area contributed by atoms with Gasteiger partial charge in [0.05, 0.1) is 10.7 Å². The maximum atomic E-state index is 12.6. The van der Waals surface area contributed by atoms with Crippen molar-refractivity contribution in [2.24, 2.45) is 5.92 Å². The van der Waals surface area contributed by atoms with Crippen molar-refractivity contribution >= 4 is 34.8 Å². The van der Waals surface area contributed by atoms with Crippen LogP contribution >= 0.6 is 11.6 Å². The summed E-state index contributed by atoms with van der Waals surface area (Å²) in [7, 11) is 0. The summed E-state index contributed by atoms with van der Waals surface area (Å²) in [5.41, 5.74) is 3.85. The molecule has 26 heavy (non-hydrogen) atoms. The molecule has 2 aromatic rings. The first-order valence-electron chi connectivity index (χ1n) is 8.92. The van der Waals surface area contributed by atoms with Crippen LogP contribution in [0, 0.1) is 19.8 Å². The number of rotatable bonds is 4. The number of carbonyl (C=O) groups is 2. The Kier molecular flexibility index (Phi) is 5.62.